The second-order valence-electron chi connectivity index (χ2n) is 3.89. The smallest absolute Gasteiger partial charge is 0.303 e. The molecule has 0 aromatic heterocycles. The van der Waals surface area contributed by atoms with Gasteiger partial charge in [-0.1, -0.05) is 30.3 Å². The van der Waals surface area contributed by atoms with Crippen LogP contribution in [0.15, 0.2) is 36.4 Å². The Labute approximate surface area is 106 Å². The van der Waals surface area contributed by atoms with Gasteiger partial charge in [0.1, 0.15) is 0 Å². The number of hydrogen-bond acceptors (Lipinski definition) is 2. The van der Waals surface area contributed by atoms with Gasteiger partial charge >= 0.3 is 5.97 Å². The van der Waals surface area contributed by atoms with Gasteiger partial charge in [0.25, 0.3) is 0 Å². The molecule has 0 spiro atoms. The van der Waals surface area contributed by atoms with Gasteiger partial charge in [0, 0.05) is 19.0 Å². The first-order chi connectivity index (χ1) is 8.68. The van der Waals surface area contributed by atoms with E-state index in [1.807, 2.05) is 30.3 Å². The van der Waals surface area contributed by atoms with Crippen LogP contribution in [0.5, 0.6) is 0 Å². The second kappa shape index (κ2) is 8.06. The van der Waals surface area contributed by atoms with Gasteiger partial charge in [0.05, 0.1) is 0 Å². The van der Waals surface area contributed by atoms with Crippen LogP contribution in [0.4, 0.5) is 0 Å². The van der Waals surface area contributed by atoms with Crippen molar-refractivity contribution in [3.8, 4) is 0 Å². The third-order valence-corrected chi connectivity index (χ3v) is 2.34. The number of carbonyl (C=O) groups excluding carboxylic acids is 1. The van der Waals surface area contributed by atoms with Crippen LogP contribution in [0.25, 0.3) is 6.08 Å². The zero-order valence-corrected chi connectivity index (χ0v) is 10.1. The average molecular weight is 247 g/mol. The van der Waals surface area contributed by atoms with Crippen LogP contribution in [0.1, 0.15) is 24.8 Å². The molecule has 4 nitrogen and oxygen atoms in total. The Kier molecular flexibility index (Phi) is 6.25. The Morgan fingerprint density at radius 3 is 2.56 bits per heavy atom. The molecule has 0 bridgehead atoms. The van der Waals surface area contributed by atoms with E-state index in [4.69, 9.17) is 5.11 Å². The molecule has 0 aliphatic heterocycles. The molecule has 0 fully saturated rings. The van der Waals surface area contributed by atoms with Crippen molar-refractivity contribution in [1.82, 2.24) is 5.32 Å². The minimum atomic E-state index is -0.801. The molecule has 0 radical (unpaired) electrons. The lowest BCUT2D eigenvalue weighted by Crippen LogP contribution is -2.22. The average Bonchev–Trinajstić information content (AvgIpc) is 2.37. The van der Waals surface area contributed by atoms with Crippen LogP contribution in [-0.4, -0.2) is 23.5 Å². The first kappa shape index (κ1) is 14.0. The third-order valence-electron chi connectivity index (χ3n) is 2.34. The Morgan fingerprint density at radius 1 is 1.17 bits per heavy atom. The monoisotopic (exact) mass is 247 g/mol. The van der Waals surface area contributed by atoms with Crippen LogP contribution in [0.2, 0.25) is 0 Å². The molecule has 1 amide bonds. The van der Waals surface area contributed by atoms with Crippen molar-refractivity contribution in [2.45, 2.75) is 19.3 Å². The molecule has 4 heteroatoms. The largest absolute Gasteiger partial charge is 0.481 e. The molecule has 1 aromatic rings. The van der Waals surface area contributed by atoms with Gasteiger partial charge in [0.15, 0.2) is 0 Å². The summed E-state index contributed by atoms with van der Waals surface area (Å²) in [4.78, 5) is 21.7. The number of rotatable bonds is 7. The number of aliphatic carboxylic acids is 1. The summed E-state index contributed by atoms with van der Waals surface area (Å²) in [5, 5.41) is 11.1. The van der Waals surface area contributed by atoms with Gasteiger partial charge in [0.2, 0.25) is 5.91 Å². The second-order valence-corrected chi connectivity index (χ2v) is 3.89. The lowest BCUT2D eigenvalue weighted by molar-refractivity contribution is -0.137. The number of nitrogens with one attached hydrogen (secondary N) is 1. The van der Waals surface area contributed by atoms with Gasteiger partial charge in [-0.05, 0) is 24.5 Å². The SMILES string of the molecule is O=C(O)CCCCNC(=O)C=Cc1ccccc1. The van der Waals surface area contributed by atoms with E-state index in [0.717, 1.165) is 5.56 Å². The molecule has 1 aromatic carbocycles. The van der Waals surface area contributed by atoms with Crippen molar-refractivity contribution in [3.05, 3.63) is 42.0 Å². The van der Waals surface area contributed by atoms with Gasteiger partial charge < -0.3 is 10.4 Å². The standard InChI is InChI=1S/C14H17NO3/c16-13(15-11-5-4-8-14(17)18)10-9-12-6-2-1-3-7-12/h1-3,6-7,9-10H,4-5,8,11H2,(H,15,16)(H,17,18). The Hall–Kier alpha value is -2.10. The molecule has 0 saturated carbocycles. The maximum atomic E-state index is 11.4. The van der Waals surface area contributed by atoms with Crippen molar-refractivity contribution in [3.63, 3.8) is 0 Å². The fraction of sp³-hybridized carbons (Fsp3) is 0.286. The van der Waals surface area contributed by atoms with E-state index in [-0.39, 0.29) is 12.3 Å². The number of carbonyl (C=O) groups is 2. The fourth-order valence-electron chi connectivity index (χ4n) is 1.41. The van der Waals surface area contributed by atoms with Crippen LogP contribution >= 0.6 is 0 Å². The molecule has 0 unspecified atom stereocenters. The quantitative estimate of drug-likeness (QED) is 0.572. The molecule has 18 heavy (non-hydrogen) atoms. The van der Waals surface area contributed by atoms with Gasteiger partial charge in [-0.2, -0.15) is 0 Å². The summed E-state index contributed by atoms with van der Waals surface area (Å²) in [6.07, 6.45) is 4.63. The summed E-state index contributed by atoms with van der Waals surface area (Å²) in [6, 6.07) is 9.56. The summed E-state index contributed by atoms with van der Waals surface area (Å²) < 4.78 is 0. The first-order valence-electron chi connectivity index (χ1n) is 5.91. The van der Waals surface area contributed by atoms with E-state index >= 15 is 0 Å². The van der Waals surface area contributed by atoms with Crippen molar-refractivity contribution in [2.24, 2.45) is 0 Å². The first-order valence-corrected chi connectivity index (χ1v) is 5.91. The molecule has 0 aliphatic carbocycles. The summed E-state index contributed by atoms with van der Waals surface area (Å²) >= 11 is 0. The van der Waals surface area contributed by atoms with Crippen LogP contribution in [-0.2, 0) is 9.59 Å². The normalized spacial score (nSPS) is 10.4. The van der Waals surface area contributed by atoms with E-state index < -0.39 is 5.97 Å². The number of carboxylic acids is 1. The fourth-order valence-corrected chi connectivity index (χ4v) is 1.41. The van der Waals surface area contributed by atoms with E-state index in [1.54, 1.807) is 6.08 Å². The molecule has 0 atom stereocenters. The molecule has 0 saturated heterocycles. The molecule has 96 valence electrons. The predicted octanol–water partition coefficient (Wildman–Crippen LogP) is 2.07. The highest BCUT2D eigenvalue weighted by Crippen LogP contribution is 2.00. The lowest BCUT2D eigenvalue weighted by Gasteiger charge is -2.00. The maximum Gasteiger partial charge on any atom is 0.303 e. The third kappa shape index (κ3) is 6.48. The van der Waals surface area contributed by atoms with Crippen molar-refractivity contribution in [2.75, 3.05) is 6.54 Å². The highest BCUT2D eigenvalue weighted by atomic mass is 16.4. The predicted molar refractivity (Wildman–Crippen MR) is 70.0 cm³/mol. The van der Waals surface area contributed by atoms with E-state index in [1.165, 1.54) is 6.08 Å². The number of amides is 1. The number of unbranched alkanes of at least 4 members (excludes halogenated alkanes) is 1. The number of carboxylic acid groups (broad SMARTS) is 1. The van der Waals surface area contributed by atoms with Crippen molar-refractivity contribution < 1.29 is 14.7 Å². The summed E-state index contributed by atoms with van der Waals surface area (Å²) in [5.41, 5.74) is 0.971. The lowest BCUT2D eigenvalue weighted by atomic mass is 10.2. The maximum absolute atomic E-state index is 11.4. The Morgan fingerprint density at radius 2 is 1.89 bits per heavy atom. The van der Waals surface area contributed by atoms with E-state index in [9.17, 15) is 9.59 Å². The van der Waals surface area contributed by atoms with Gasteiger partial charge in [-0.25, -0.2) is 0 Å². The molecule has 2 N–H and O–H groups in total. The van der Waals surface area contributed by atoms with E-state index in [0.29, 0.717) is 19.4 Å². The Balaban J connectivity index is 2.18. The van der Waals surface area contributed by atoms with Crippen LogP contribution in [0.3, 0.4) is 0 Å². The highest BCUT2D eigenvalue weighted by Gasteiger charge is 1.97. The molecular weight excluding hydrogens is 230 g/mol. The van der Waals surface area contributed by atoms with Crippen molar-refractivity contribution >= 4 is 18.0 Å². The summed E-state index contributed by atoms with van der Waals surface area (Å²) in [7, 11) is 0. The van der Waals surface area contributed by atoms with E-state index in [2.05, 4.69) is 5.32 Å². The summed E-state index contributed by atoms with van der Waals surface area (Å²) in [6.45, 7) is 0.505. The molecule has 0 aliphatic rings. The van der Waals surface area contributed by atoms with Crippen molar-refractivity contribution in [1.29, 1.82) is 0 Å². The minimum Gasteiger partial charge on any atom is -0.481 e. The minimum absolute atomic E-state index is 0.149. The highest BCUT2D eigenvalue weighted by molar-refractivity contribution is 5.91. The molecule has 0 heterocycles. The Bertz CT molecular complexity index is 412. The van der Waals surface area contributed by atoms with Crippen LogP contribution < -0.4 is 5.32 Å². The zero-order chi connectivity index (χ0) is 13.2. The summed E-state index contributed by atoms with van der Waals surface area (Å²) in [5.74, 6) is -0.959. The zero-order valence-electron chi connectivity index (χ0n) is 10.1. The number of benzene rings is 1. The van der Waals surface area contributed by atoms with Crippen LogP contribution in [0, 0.1) is 0 Å². The van der Waals surface area contributed by atoms with Gasteiger partial charge in [-0.15, -0.1) is 0 Å². The number of hydrogen-bond donors (Lipinski definition) is 2. The molecular formula is C14H17NO3. The molecule has 1 rings (SSSR count). The topological polar surface area (TPSA) is 66.4 Å². The van der Waals surface area contributed by atoms with Gasteiger partial charge in [-0.3, -0.25) is 9.59 Å².